The summed E-state index contributed by atoms with van der Waals surface area (Å²) in [4.78, 5) is 8.79. The highest BCUT2D eigenvalue weighted by Crippen LogP contribution is 2.31. The second-order valence-corrected chi connectivity index (χ2v) is 5.05. The summed E-state index contributed by atoms with van der Waals surface area (Å²) in [5.74, 6) is 1.79. The summed E-state index contributed by atoms with van der Waals surface area (Å²) >= 11 is 0. The van der Waals surface area contributed by atoms with Crippen LogP contribution in [0.3, 0.4) is 0 Å². The Morgan fingerprint density at radius 2 is 2.05 bits per heavy atom. The molecule has 2 aromatic heterocycles. The number of hydrogen-bond acceptors (Lipinski definition) is 5. The van der Waals surface area contributed by atoms with Crippen LogP contribution in [-0.4, -0.2) is 15.1 Å². The van der Waals surface area contributed by atoms with Gasteiger partial charge in [0.15, 0.2) is 5.82 Å². The van der Waals surface area contributed by atoms with E-state index in [1.54, 1.807) is 6.20 Å². The molecule has 0 amide bonds. The van der Waals surface area contributed by atoms with Gasteiger partial charge in [-0.3, -0.25) is 4.98 Å². The van der Waals surface area contributed by atoms with Gasteiger partial charge in [0.2, 0.25) is 0 Å². The van der Waals surface area contributed by atoms with Gasteiger partial charge in [0.25, 0.3) is 5.89 Å². The lowest BCUT2D eigenvalue weighted by atomic mass is 9.89. The molecule has 2 aromatic rings. The molecule has 1 aliphatic carbocycles. The van der Waals surface area contributed by atoms with Crippen LogP contribution in [0.2, 0.25) is 0 Å². The highest BCUT2D eigenvalue weighted by molar-refractivity contribution is 5.46. The van der Waals surface area contributed by atoms with Crippen molar-refractivity contribution in [1.29, 1.82) is 0 Å². The molecule has 0 bridgehead atoms. The van der Waals surface area contributed by atoms with Crippen molar-refractivity contribution in [2.45, 2.75) is 44.6 Å². The number of nitrogens with zero attached hydrogens (tertiary/aromatic N) is 3. The van der Waals surface area contributed by atoms with Gasteiger partial charge in [-0.05, 0) is 24.5 Å². The number of nitrogens with two attached hydrogens (primary N) is 1. The molecule has 0 saturated heterocycles. The van der Waals surface area contributed by atoms with E-state index in [2.05, 4.69) is 15.1 Å². The monoisotopic (exact) mass is 258 g/mol. The van der Waals surface area contributed by atoms with Crippen molar-refractivity contribution >= 4 is 0 Å². The van der Waals surface area contributed by atoms with Crippen LogP contribution in [-0.2, 0) is 6.54 Å². The summed E-state index contributed by atoms with van der Waals surface area (Å²) < 4.78 is 5.32. The molecule has 0 atom stereocenters. The van der Waals surface area contributed by atoms with Crippen molar-refractivity contribution in [3.05, 3.63) is 29.7 Å². The SMILES string of the molecule is NCc1ccc(-c2nc(C3CCCCC3)no2)nc1. The van der Waals surface area contributed by atoms with Gasteiger partial charge in [0, 0.05) is 18.7 Å². The summed E-state index contributed by atoms with van der Waals surface area (Å²) in [6.07, 6.45) is 7.93. The molecule has 100 valence electrons. The molecular weight excluding hydrogens is 240 g/mol. The third kappa shape index (κ3) is 2.66. The summed E-state index contributed by atoms with van der Waals surface area (Å²) in [6, 6.07) is 3.81. The third-order valence-electron chi connectivity index (χ3n) is 3.69. The molecular formula is C14H18N4O. The van der Waals surface area contributed by atoms with Gasteiger partial charge in [-0.15, -0.1) is 0 Å². The summed E-state index contributed by atoms with van der Waals surface area (Å²) in [7, 11) is 0. The standard InChI is InChI=1S/C14H18N4O/c15-8-10-6-7-12(16-9-10)14-17-13(18-19-14)11-4-2-1-3-5-11/h6-7,9,11H,1-5,8,15H2. The molecule has 2 N–H and O–H groups in total. The quantitative estimate of drug-likeness (QED) is 0.915. The van der Waals surface area contributed by atoms with E-state index >= 15 is 0 Å². The van der Waals surface area contributed by atoms with Crippen LogP contribution < -0.4 is 5.73 Å². The molecule has 1 fully saturated rings. The van der Waals surface area contributed by atoms with Crippen LogP contribution in [0.25, 0.3) is 11.6 Å². The zero-order chi connectivity index (χ0) is 13.1. The third-order valence-corrected chi connectivity index (χ3v) is 3.69. The van der Waals surface area contributed by atoms with Crippen molar-refractivity contribution in [2.24, 2.45) is 5.73 Å². The van der Waals surface area contributed by atoms with E-state index < -0.39 is 0 Å². The van der Waals surface area contributed by atoms with Gasteiger partial charge in [-0.2, -0.15) is 4.98 Å². The van der Waals surface area contributed by atoms with Gasteiger partial charge in [-0.1, -0.05) is 30.5 Å². The predicted octanol–water partition coefficient (Wildman–Crippen LogP) is 2.64. The number of rotatable bonds is 3. The second kappa shape index (κ2) is 5.48. The minimum atomic E-state index is 0.453. The van der Waals surface area contributed by atoms with E-state index in [1.165, 1.54) is 32.1 Å². The minimum Gasteiger partial charge on any atom is -0.332 e. The Morgan fingerprint density at radius 3 is 2.74 bits per heavy atom. The Morgan fingerprint density at radius 1 is 1.21 bits per heavy atom. The van der Waals surface area contributed by atoms with E-state index in [9.17, 15) is 0 Å². The van der Waals surface area contributed by atoms with Gasteiger partial charge < -0.3 is 10.3 Å². The second-order valence-electron chi connectivity index (χ2n) is 5.05. The lowest BCUT2D eigenvalue weighted by molar-refractivity contribution is 0.385. The van der Waals surface area contributed by atoms with E-state index in [-0.39, 0.29) is 0 Å². The van der Waals surface area contributed by atoms with Crippen LogP contribution in [0.15, 0.2) is 22.9 Å². The fourth-order valence-corrected chi connectivity index (χ4v) is 2.54. The minimum absolute atomic E-state index is 0.453. The molecule has 0 aromatic carbocycles. The fourth-order valence-electron chi connectivity index (χ4n) is 2.54. The molecule has 0 aliphatic heterocycles. The van der Waals surface area contributed by atoms with Crippen molar-refractivity contribution < 1.29 is 4.52 Å². The first-order chi connectivity index (χ1) is 9.36. The van der Waals surface area contributed by atoms with Crippen LogP contribution >= 0.6 is 0 Å². The van der Waals surface area contributed by atoms with Gasteiger partial charge in [0.1, 0.15) is 5.69 Å². The fraction of sp³-hybridized carbons (Fsp3) is 0.500. The highest BCUT2D eigenvalue weighted by atomic mass is 16.5. The van der Waals surface area contributed by atoms with E-state index in [0.717, 1.165) is 11.4 Å². The maximum Gasteiger partial charge on any atom is 0.276 e. The highest BCUT2D eigenvalue weighted by Gasteiger charge is 2.21. The Kier molecular flexibility index (Phi) is 3.55. The Hall–Kier alpha value is -1.75. The normalized spacial score (nSPS) is 16.7. The first kappa shape index (κ1) is 12.3. The van der Waals surface area contributed by atoms with E-state index in [4.69, 9.17) is 10.3 Å². The lowest BCUT2D eigenvalue weighted by Crippen LogP contribution is -2.06. The van der Waals surface area contributed by atoms with Gasteiger partial charge in [0.05, 0.1) is 0 Å². The predicted molar refractivity (Wildman–Crippen MR) is 71.2 cm³/mol. The smallest absolute Gasteiger partial charge is 0.276 e. The van der Waals surface area contributed by atoms with Crippen LogP contribution in [0.1, 0.15) is 49.4 Å². The largest absolute Gasteiger partial charge is 0.332 e. The molecule has 0 unspecified atom stereocenters. The van der Waals surface area contributed by atoms with Gasteiger partial charge in [-0.25, -0.2) is 0 Å². The number of pyridine rings is 1. The molecule has 5 nitrogen and oxygen atoms in total. The van der Waals surface area contributed by atoms with Crippen molar-refractivity contribution in [2.75, 3.05) is 0 Å². The number of hydrogen-bond donors (Lipinski definition) is 1. The van der Waals surface area contributed by atoms with E-state index in [0.29, 0.717) is 24.0 Å². The molecule has 3 rings (SSSR count). The van der Waals surface area contributed by atoms with Crippen LogP contribution in [0.4, 0.5) is 0 Å². The van der Waals surface area contributed by atoms with Crippen LogP contribution in [0.5, 0.6) is 0 Å². The van der Waals surface area contributed by atoms with Crippen molar-refractivity contribution in [1.82, 2.24) is 15.1 Å². The summed E-state index contributed by atoms with van der Waals surface area (Å²) in [6.45, 7) is 0.491. The zero-order valence-corrected chi connectivity index (χ0v) is 10.9. The Labute approximate surface area is 112 Å². The average molecular weight is 258 g/mol. The molecule has 1 aliphatic rings. The summed E-state index contributed by atoms with van der Waals surface area (Å²) in [5.41, 5.74) is 7.26. The Bertz CT molecular complexity index is 529. The maximum atomic E-state index is 5.55. The maximum absolute atomic E-state index is 5.55. The first-order valence-electron chi connectivity index (χ1n) is 6.86. The van der Waals surface area contributed by atoms with Crippen LogP contribution in [0, 0.1) is 0 Å². The van der Waals surface area contributed by atoms with Crippen molar-refractivity contribution in [3.8, 4) is 11.6 Å². The topological polar surface area (TPSA) is 77.8 Å². The van der Waals surface area contributed by atoms with Gasteiger partial charge >= 0.3 is 0 Å². The molecule has 2 heterocycles. The van der Waals surface area contributed by atoms with Crippen molar-refractivity contribution in [3.63, 3.8) is 0 Å². The molecule has 0 spiro atoms. The molecule has 5 heteroatoms. The summed E-state index contributed by atoms with van der Waals surface area (Å²) in [5, 5.41) is 4.11. The Balaban J connectivity index is 1.79. The lowest BCUT2D eigenvalue weighted by Gasteiger charge is -2.17. The average Bonchev–Trinajstić information content (AvgIpc) is 2.98. The first-order valence-corrected chi connectivity index (χ1v) is 6.86. The molecule has 0 radical (unpaired) electrons. The molecule has 19 heavy (non-hydrogen) atoms. The number of aromatic nitrogens is 3. The van der Waals surface area contributed by atoms with E-state index in [1.807, 2.05) is 12.1 Å². The molecule has 1 saturated carbocycles. The zero-order valence-electron chi connectivity index (χ0n) is 10.9.